The molecule has 0 heterocycles. The molecule has 0 amide bonds. The summed E-state index contributed by atoms with van der Waals surface area (Å²) in [4.78, 5) is 1.15. The molecule has 0 spiro atoms. The van der Waals surface area contributed by atoms with Gasteiger partial charge in [0.05, 0.1) is 0 Å². The van der Waals surface area contributed by atoms with Crippen LogP contribution in [0.2, 0.25) is 0 Å². The summed E-state index contributed by atoms with van der Waals surface area (Å²) in [6, 6.07) is 0. The smallest absolute Gasteiger partial charge is 0.00376 e. The molecule has 0 N–H and O–H groups in total. The van der Waals surface area contributed by atoms with E-state index in [1.54, 1.807) is 0 Å². The lowest BCUT2D eigenvalue weighted by atomic mass is 9.78. The maximum Gasteiger partial charge on any atom is 0.00376 e. The molecule has 0 saturated heterocycles. The summed E-state index contributed by atoms with van der Waals surface area (Å²) in [6.45, 7) is 13.5. The van der Waals surface area contributed by atoms with Crippen molar-refractivity contribution in [3.05, 3.63) is 45.9 Å². The minimum Gasteiger partial charge on any atom is -0.148 e. The fourth-order valence-corrected chi connectivity index (χ4v) is 2.73. The van der Waals surface area contributed by atoms with Crippen LogP contribution in [0.3, 0.4) is 0 Å². The SMILES string of the molecule is C/C=C(\C=C(\C(C)C)C(C)(C)C)C1=CC=C(S)C1. The second-order valence-corrected chi connectivity index (χ2v) is 6.85. The fraction of sp³-hybridized carbons (Fsp3) is 0.529. The first-order valence-corrected chi connectivity index (χ1v) is 7.18. The number of hydrogen-bond donors (Lipinski definition) is 1. The van der Waals surface area contributed by atoms with Gasteiger partial charge in [-0.05, 0) is 34.3 Å². The van der Waals surface area contributed by atoms with Gasteiger partial charge in [0, 0.05) is 6.42 Å². The van der Waals surface area contributed by atoms with E-state index in [0.29, 0.717) is 5.92 Å². The Labute approximate surface area is 118 Å². The Kier molecular flexibility index (Phi) is 5.10. The molecule has 0 aromatic carbocycles. The highest BCUT2D eigenvalue weighted by molar-refractivity contribution is 7.84. The average molecular weight is 262 g/mol. The minimum absolute atomic E-state index is 0.221. The van der Waals surface area contributed by atoms with Crippen LogP contribution in [-0.2, 0) is 0 Å². The van der Waals surface area contributed by atoms with Crippen molar-refractivity contribution in [2.75, 3.05) is 0 Å². The van der Waals surface area contributed by atoms with Crippen LogP contribution in [0.15, 0.2) is 45.9 Å². The van der Waals surface area contributed by atoms with Gasteiger partial charge < -0.3 is 0 Å². The van der Waals surface area contributed by atoms with E-state index >= 15 is 0 Å². The van der Waals surface area contributed by atoms with Gasteiger partial charge in [-0.15, -0.1) is 12.6 Å². The number of thiol groups is 1. The number of allylic oxidation sites excluding steroid dienone is 8. The average Bonchev–Trinajstić information content (AvgIpc) is 2.63. The molecule has 0 aliphatic heterocycles. The predicted molar refractivity (Wildman–Crippen MR) is 85.9 cm³/mol. The number of hydrogen-bond acceptors (Lipinski definition) is 1. The van der Waals surface area contributed by atoms with Crippen LogP contribution in [0.1, 0.15) is 48.0 Å². The van der Waals surface area contributed by atoms with Crippen LogP contribution in [0.5, 0.6) is 0 Å². The lowest BCUT2D eigenvalue weighted by Gasteiger charge is -2.27. The van der Waals surface area contributed by atoms with E-state index in [4.69, 9.17) is 0 Å². The van der Waals surface area contributed by atoms with Crippen LogP contribution in [0, 0.1) is 11.3 Å². The van der Waals surface area contributed by atoms with Crippen LogP contribution >= 0.6 is 12.6 Å². The molecule has 0 aromatic heterocycles. The molecule has 100 valence electrons. The molecule has 0 bridgehead atoms. The summed E-state index contributed by atoms with van der Waals surface area (Å²) in [6.07, 6.45) is 9.84. The molecule has 1 aliphatic carbocycles. The zero-order valence-corrected chi connectivity index (χ0v) is 13.4. The fourth-order valence-electron chi connectivity index (χ4n) is 2.49. The summed E-state index contributed by atoms with van der Waals surface area (Å²) in [5.74, 6) is 0.574. The van der Waals surface area contributed by atoms with Gasteiger partial charge in [0.1, 0.15) is 0 Å². The van der Waals surface area contributed by atoms with Gasteiger partial charge in [-0.1, -0.05) is 64.5 Å². The lowest BCUT2D eigenvalue weighted by molar-refractivity contribution is 0.448. The molecule has 0 unspecified atom stereocenters. The zero-order valence-electron chi connectivity index (χ0n) is 12.5. The number of rotatable bonds is 3. The second kappa shape index (κ2) is 5.97. The highest BCUT2D eigenvalue weighted by Gasteiger charge is 2.21. The Balaban J connectivity index is 3.04. The van der Waals surface area contributed by atoms with Crippen LogP contribution in [0.4, 0.5) is 0 Å². The Morgan fingerprint density at radius 3 is 2.22 bits per heavy atom. The van der Waals surface area contributed by atoms with Gasteiger partial charge in [-0.2, -0.15) is 0 Å². The third kappa shape index (κ3) is 3.91. The summed E-state index contributed by atoms with van der Waals surface area (Å²) < 4.78 is 0. The van der Waals surface area contributed by atoms with Crippen molar-refractivity contribution in [1.82, 2.24) is 0 Å². The molecular weight excluding hydrogens is 236 g/mol. The molecule has 0 fully saturated rings. The Bertz CT molecular complexity index is 423. The Morgan fingerprint density at radius 2 is 1.89 bits per heavy atom. The van der Waals surface area contributed by atoms with Crippen LogP contribution in [-0.4, -0.2) is 0 Å². The van der Waals surface area contributed by atoms with Gasteiger partial charge in [-0.25, -0.2) is 0 Å². The first-order valence-electron chi connectivity index (χ1n) is 6.73. The first kappa shape index (κ1) is 15.4. The van der Waals surface area contributed by atoms with Crippen molar-refractivity contribution in [2.45, 2.75) is 48.0 Å². The van der Waals surface area contributed by atoms with E-state index in [2.05, 4.69) is 78.5 Å². The van der Waals surface area contributed by atoms with E-state index in [1.165, 1.54) is 16.7 Å². The maximum atomic E-state index is 4.43. The molecule has 1 heteroatoms. The molecule has 1 rings (SSSR count). The Hall–Kier alpha value is -0.690. The van der Waals surface area contributed by atoms with Crippen molar-refractivity contribution >= 4 is 12.6 Å². The summed E-state index contributed by atoms with van der Waals surface area (Å²) >= 11 is 4.43. The van der Waals surface area contributed by atoms with Gasteiger partial charge >= 0.3 is 0 Å². The standard InChI is InChI=1S/C17H26S/c1-7-13(14-8-9-15(18)10-14)11-16(12(2)3)17(4,5)6/h7-9,11-12,18H,10H2,1-6H3/b13-7+,16-11-. The summed E-state index contributed by atoms with van der Waals surface area (Å²) in [7, 11) is 0. The van der Waals surface area contributed by atoms with Crippen LogP contribution < -0.4 is 0 Å². The van der Waals surface area contributed by atoms with Crippen molar-refractivity contribution in [3.63, 3.8) is 0 Å². The van der Waals surface area contributed by atoms with Crippen LogP contribution in [0.25, 0.3) is 0 Å². The quantitative estimate of drug-likeness (QED) is 0.489. The van der Waals surface area contributed by atoms with Gasteiger partial charge in [0.15, 0.2) is 0 Å². The molecule has 0 radical (unpaired) electrons. The summed E-state index contributed by atoms with van der Waals surface area (Å²) in [5.41, 5.74) is 4.45. The van der Waals surface area contributed by atoms with Crippen molar-refractivity contribution in [2.24, 2.45) is 11.3 Å². The van der Waals surface area contributed by atoms with Gasteiger partial charge in [0.2, 0.25) is 0 Å². The molecular formula is C17H26S. The van der Waals surface area contributed by atoms with E-state index in [-0.39, 0.29) is 5.41 Å². The van der Waals surface area contributed by atoms with E-state index in [0.717, 1.165) is 11.3 Å². The largest absolute Gasteiger partial charge is 0.148 e. The predicted octanol–water partition coefficient (Wildman–Crippen LogP) is 5.71. The molecule has 0 nitrogen and oxygen atoms in total. The highest BCUT2D eigenvalue weighted by Crippen LogP contribution is 2.35. The third-order valence-corrected chi connectivity index (χ3v) is 3.64. The third-order valence-electron chi connectivity index (χ3n) is 3.33. The van der Waals surface area contributed by atoms with Gasteiger partial charge in [-0.3, -0.25) is 0 Å². The minimum atomic E-state index is 0.221. The van der Waals surface area contributed by atoms with E-state index in [1.807, 2.05) is 0 Å². The second-order valence-electron chi connectivity index (χ2n) is 6.28. The van der Waals surface area contributed by atoms with Crippen molar-refractivity contribution in [1.29, 1.82) is 0 Å². The van der Waals surface area contributed by atoms with Crippen molar-refractivity contribution in [3.8, 4) is 0 Å². The molecule has 18 heavy (non-hydrogen) atoms. The highest BCUT2D eigenvalue weighted by atomic mass is 32.1. The van der Waals surface area contributed by atoms with Crippen molar-refractivity contribution < 1.29 is 0 Å². The zero-order chi connectivity index (χ0) is 13.9. The normalized spacial score (nSPS) is 18.2. The van der Waals surface area contributed by atoms with E-state index in [9.17, 15) is 0 Å². The summed E-state index contributed by atoms with van der Waals surface area (Å²) in [5, 5.41) is 0. The molecule has 0 atom stereocenters. The maximum absolute atomic E-state index is 4.43. The molecule has 0 aromatic rings. The van der Waals surface area contributed by atoms with Gasteiger partial charge in [0.25, 0.3) is 0 Å². The first-order chi connectivity index (χ1) is 8.25. The molecule has 0 saturated carbocycles. The topological polar surface area (TPSA) is 0 Å². The monoisotopic (exact) mass is 262 g/mol. The molecule has 1 aliphatic rings. The van der Waals surface area contributed by atoms with E-state index < -0.39 is 0 Å². The Morgan fingerprint density at radius 1 is 1.28 bits per heavy atom. The lowest BCUT2D eigenvalue weighted by Crippen LogP contribution is -2.14.